The lowest BCUT2D eigenvalue weighted by molar-refractivity contribution is -0.118. The molecule has 4 rings (SSSR count). The Labute approximate surface area is 173 Å². The van der Waals surface area contributed by atoms with E-state index in [9.17, 15) is 4.79 Å². The van der Waals surface area contributed by atoms with Gasteiger partial charge in [0.05, 0.1) is 23.4 Å². The molecule has 0 aliphatic heterocycles. The van der Waals surface area contributed by atoms with Gasteiger partial charge in [0.2, 0.25) is 5.91 Å². The van der Waals surface area contributed by atoms with Crippen LogP contribution in [0.3, 0.4) is 0 Å². The summed E-state index contributed by atoms with van der Waals surface area (Å²) in [4.78, 5) is 17.0. The second-order valence-electron chi connectivity index (χ2n) is 5.94. The van der Waals surface area contributed by atoms with Crippen LogP contribution in [0, 0.1) is 0 Å². The third-order valence-corrected chi connectivity index (χ3v) is 6.85. The van der Waals surface area contributed by atoms with Crippen molar-refractivity contribution in [1.82, 2.24) is 19.7 Å². The fourth-order valence-electron chi connectivity index (χ4n) is 2.59. The predicted molar refractivity (Wildman–Crippen MR) is 110 cm³/mol. The highest BCUT2D eigenvalue weighted by Crippen LogP contribution is 2.30. The van der Waals surface area contributed by atoms with Gasteiger partial charge in [-0.15, -0.1) is 32.9 Å². The summed E-state index contributed by atoms with van der Waals surface area (Å²) in [5, 5.41) is 14.5. The number of rotatable bonds is 9. The standard InChI is InChI=1S/C18H17N5O2S3/c19-15(24)5-6-16-21-22-18(23(16)9-13-3-1-7-25-13)28-11-12-10-27-17(20-12)14-4-2-8-26-14/h1-4,7-8,10H,5-6,9,11H2,(H2,19,24). The first kappa shape index (κ1) is 18.9. The zero-order valence-electron chi connectivity index (χ0n) is 14.8. The molecule has 0 saturated heterocycles. The van der Waals surface area contributed by atoms with Crippen LogP contribution >= 0.6 is 34.4 Å². The Morgan fingerprint density at radius 3 is 2.93 bits per heavy atom. The summed E-state index contributed by atoms with van der Waals surface area (Å²) >= 11 is 4.90. The number of aromatic nitrogens is 4. The molecule has 144 valence electrons. The number of hydrogen-bond donors (Lipinski definition) is 1. The monoisotopic (exact) mass is 431 g/mol. The number of carbonyl (C=O) groups excluding carboxylic acids is 1. The van der Waals surface area contributed by atoms with Gasteiger partial charge in [-0.1, -0.05) is 17.8 Å². The molecule has 0 bridgehead atoms. The second-order valence-corrected chi connectivity index (χ2v) is 8.69. The molecule has 4 heterocycles. The van der Waals surface area contributed by atoms with E-state index in [-0.39, 0.29) is 12.3 Å². The lowest BCUT2D eigenvalue weighted by Crippen LogP contribution is -2.14. The number of thioether (sulfide) groups is 1. The van der Waals surface area contributed by atoms with Crippen LogP contribution in [0.15, 0.2) is 50.9 Å². The maximum absolute atomic E-state index is 11.2. The Bertz CT molecular complexity index is 1040. The van der Waals surface area contributed by atoms with E-state index in [0.717, 1.165) is 27.4 Å². The molecule has 0 spiro atoms. The van der Waals surface area contributed by atoms with E-state index < -0.39 is 0 Å². The number of amides is 1. The van der Waals surface area contributed by atoms with Gasteiger partial charge in [-0.3, -0.25) is 9.36 Å². The third kappa shape index (κ3) is 4.51. The number of furan rings is 1. The molecule has 7 nitrogen and oxygen atoms in total. The van der Waals surface area contributed by atoms with Crippen LogP contribution in [-0.2, 0) is 23.5 Å². The van der Waals surface area contributed by atoms with Gasteiger partial charge >= 0.3 is 0 Å². The van der Waals surface area contributed by atoms with Crippen LogP contribution in [0.2, 0.25) is 0 Å². The molecule has 0 aliphatic carbocycles. The van der Waals surface area contributed by atoms with E-state index in [1.54, 1.807) is 40.7 Å². The first-order valence-corrected chi connectivity index (χ1v) is 11.3. The predicted octanol–water partition coefficient (Wildman–Crippen LogP) is 3.81. The minimum Gasteiger partial charge on any atom is -0.467 e. The maximum atomic E-state index is 11.2. The summed E-state index contributed by atoms with van der Waals surface area (Å²) in [7, 11) is 0. The molecule has 0 radical (unpaired) electrons. The number of nitrogens with zero attached hydrogens (tertiary/aromatic N) is 4. The van der Waals surface area contributed by atoms with Crippen molar-refractivity contribution in [2.45, 2.75) is 30.3 Å². The molecule has 0 aromatic carbocycles. The summed E-state index contributed by atoms with van der Waals surface area (Å²) in [5.74, 6) is 1.85. The molecule has 0 aliphatic rings. The molecule has 0 fully saturated rings. The van der Waals surface area contributed by atoms with Crippen molar-refractivity contribution in [1.29, 1.82) is 0 Å². The quantitative estimate of drug-likeness (QED) is 0.405. The number of thiophene rings is 1. The van der Waals surface area contributed by atoms with E-state index in [2.05, 4.69) is 27.0 Å². The van der Waals surface area contributed by atoms with Crippen molar-refractivity contribution in [3.05, 3.63) is 58.6 Å². The lowest BCUT2D eigenvalue weighted by atomic mass is 10.3. The topological polar surface area (TPSA) is 99.8 Å². The summed E-state index contributed by atoms with van der Waals surface area (Å²) in [6, 6.07) is 7.85. The highest BCUT2D eigenvalue weighted by Gasteiger charge is 2.16. The zero-order chi connectivity index (χ0) is 19.3. The summed E-state index contributed by atoms with van der Waals surface area (Å²) < 4.78 is 7.43. The number of aryl methyl sites for hydroxylation is 1. The molecule has 1 amide bonds. The smallest absolute Gasteiger partial charge is 0.217 e. The zero-order valence-corrected chi connectivity index (χ0v) is 17.2. The van der Waals surface area contributed by atoms with Crippen LogP contribution < -0.4 is 5.73 Å². The Balaban J connectivity index is 1.49. The van der Waals surface area contributed by atoms with Crippen molar-refractivity contribution < 1.29 is 9.21 Å². The molecule has 0 saturated carbocycles. The number of primary amides is 1. The largest absolute Gasteiger partial charge is 0.467 e. The molecule has 2 N–H and O–H groups in total. The van der Waals surface area contributed by atoms with E-state index in [1.807, 2.05) is 22.8 Å². The van der Waals surface area contributed by atoms with Gasteiger partial charge in [-0.2, -0.15) is 0 Å². The minimum atomic E-state index is -0.356. The third-order valence-electron chi connectivity index (χ3n) is 3.92. The lowest BCUT2D eigenvalue weighted by Gasteiger charge is -2.07. The Hall–Kier alpha value is -2.43. The minimum absolute atomic E-state index is 0.233. The molecule has 0 atom stereocenters. The van der Waals surface area contributed by atoms with Crippen LogP contribution in [0.1, 0.15) is 23.7 Å². The average molecular weight is 432 g/mol. The van der Waals surface area contributed by atoms with Gasteiger partial charge in [-0.25, -0.2) is 4.98 Å². The van der Waals surface area contributed by atoms with Crippen LogP contribution in [0.4, 0.5) is 0 Å². The van der Waals surface area contributed by atoms with Crippen molar-refractivity contribution in [3.8, 4) is 9.88 Å². The molecule has 28 heavy (non-hydrogen) atoms. The molecule has 0 unspecified atom stereocenters. The fourth-order valence-corrected chi connectivity index (χ4v) is 5.18. The fraction of sp³-hybridized carbons (Fsp3) is 0.222. The van der Waals surface area contributed by atoms with E-state index in [1.165, 1.54) is 4.88 Å². The van der Waals surface area contributed by atoms with Crippen molar-refractivity contribution in [3.63, 3.8) is 0 Å². The maximum Gasteiger partial charge on any atom is 0.217 e. The average Bonchev–Trinajstić information content (AvgIpc) is 3.45. The number of nitrogens with two attached hydrogens (primary N) is 1. The number of hydrogen-bond acceptors (Lipinski definition) is 8. The molecule has 10 heteroatoms. The summed E-state index contributed by atoms with van der Waals surface area (Å²) in [5.41, 5.74) is 6.29. The Morgan fingerprint density at radius 1 is 1.25 bits per heavy atom. The van der Waals surface area contributed by atoms with E-state index in [0.29, 0.717) is 18.7 Å². The van der Waals surface area contributed by atoms with Gasteiger partial charge in [-0.05, 0) is 23.6 Å². The van der Waals surface area contributed by atoms with Crippen molar-refractivity contribution in [2.24, 2.45) is 5.73 Å². The van der Waals surface area contributed by atoms with Gasteiger partial charge in [0, 0.05) is 24.0 Å². The molecular weight excluding hydrogens is 414 g/mol. The highest BCUT2D eigenvalue weighted by atomic mass is 32.2. The normalized spacial score (nSPS) is 11.1. The number of thiazole rings is 1. The first-order chi connectivity index (χ1) is 13.7. The second kappa shape index (κ2) is 8.72. The van der Waals surface area contributed by atoms with Crippen LogP contribution in [0.25, 0.3) is 9.88 Å². The molecule has 4 aromatic rings. The van der Waals surface area contributed by atoms with E-state index >= 15 is 0 Å². The highest BCUT2D eigenvalue weighted by molar-refractivity contribution is 7.98. The summed E-state index contributed by atoms with van der Waals surface area (Å²) in [6.07, 6.45) is 2.32. The number of carbonyl (C=O) groups is 1. The summed E-state index contributed by atoms with van der Waals surface area (Å²) in [6.45, 7) is 0.508. The van der Waals surface area contributed by atoms with Gasteiger partial charge in [0.15, 0.2) is 5.16 Å². The van der Waals surface area contributed by atoms with Gasteiger partial charge in [0.1, 0.15) is 16.6 Å². The van der Waals surface area contributed by atoms with Crippen LogP contribution in [0.5, 0.6) is 0 Å². The van der Waals surface area contributed by atoms with Gasteiger partial charge in [0.25, 0.3) is 0 Å². The first-order valence-electron chi connectivity index (χ1n) is 8.53. The van der Waals surface area contributed by atoms with Crippen molar-refractivity contribution >= 4 is 40.3 Å². The van der Waals surface area contributed by atoms with E-state index in [4.69, 9.17) is 15.1 Å². The molecule has 4 aromatic heterocycles. The SMILES string of the molecule is NC(=O)CCc1nnc(SCc2csc(-c3cccs3)n2)n1Cc1ccco1. The Kier molecular flexibility index (Phi) is 5.89. The molecular formula is C18H17N5O2S3. The van der Waals surface area contributed by atoms with Crippen LogP contribution in [-0.4, -0.2) is 25.7 Å². The van der Waals surface area contributed by atoms with Gasteiger partial charge < -0.3 is 10.2 Å². The van der Waals surface area contributed by atoms with Crippen molar-refractivity contribution in [2.75, 3.05) is 0 Å². The Morgan fingerprint density at radius 2 is 2.18 bits per heavy atom.